The van der Waals surface area contributed by atoms with Crippen LogP contribution >= 0.6 is 11.8 Å². The Kier molecular flexibility index (Phi) is 11.7. The number of carbonyl (C=O) groups excluding carboxylic acids is 2. The molecular weight excluding hydrogens is 630 g/mol. The van der Waals surface area contributed by atoms with Crippen molar-refractivity contribution in [3.8, 4) is 11.1 Å². The van der Waals surface area contributed by atoms with Gasteiger partial charge in [-0.3, -0.25) is 9.59 Å². The smallest absolute Gasteiger partial charge is 0.335 e. The number of amides is 1. The van der Waals surface area contributed by atoms with Gasteiger partial charge in [0, 0.05) is 35.6 Å². The Hall–Kier alpha value is -4.48. The van der Waals surface area contributed by atoms with E-state index in [4.69, 9.17) is 14.2 Å². The van der Waals surface area contributed by atoms with Gasteiger partial charge < -0.3 is 29.7 Å². The van der Waals surface area contributed by atoms with Crippen molar-refractivity contribution in [1.29, 1.82) is 0 Å². The number of hydrogen-bond acceptors (Lipinski definition) is 8. The van der Waals surface area contributed by atoms with Crippen molar-refractivity contribution < 1.29 is 38.8 Å². The van der Waals surface area contributed by atoms with E-state index in [1.54, 1.807) is 23.9 Å². The molecule has 1 fully saturated rings. The summed E-state index contributed by atoms with van der Waals surface area (Å²) in [6, 6.07) is 30.5. The number of ether oxygens (including phenoxy) is 3. The van der Waals surface area contributed by atoms with E-state index in [0.29, 0.717) is 12.3 Å². The van der Waals surface area contributed by atoms with E-state index < -0.39 is 24.3 Å². The number of benzene rings is 4. The number of carboxylic acids is 1. The lowest BCUT2D eigenvalue weighted by Gasteiger charge is -2.41. The fourth-order valence-electron chi connectivity index (χ4n) is 5.51. The van der Waals surface area contributed by atoms with Gasteiger partial charge in [-0.15, -0.1) is 11.8 Å². The molecule has 1 aliphatic rings. The molecule has 1 saturated heterocycles. The number of carbonyl (C=O) groups is 3. The maximum Gasteiger partial charge on any atom is 0.335 e. The average Bonchev–Trinajstić information content (AvgIpc) is 3.10. The zero-order chi connectivity index (χ0) is 34.2. The quantitative estimate of drug-likeness (QED) is 0.111. The number of aromatic carboxylic acids is 1. The first kappa shape index (κ1) is 34.8. The normalized spacial score (nSPS) is 19.7. The van der Waals surface area contributed by atoms with Gasteiger partial charge in [0.15, 0.2) is 12.4 Å². The molecular formula is C38H39NO8S. The van der Waals surface area contributed by atoms with Crippen molar-refractivity contribution in [3.05, 3.63) is 125 Å². The maximum absolute atomic E-state index is 12.3. The Morgan fingerprint density at radius 2 is 1.56 bits per heavy atom. The lowest BCUT2D eigenvalue weighted by Crippen LogP contribution is -2.38. The molecule has 9 nitrogen and oxygen atoms in total. The van der Waals surface area contributed by atoms with Gasteiger partial charge in [-0.25, -0.2) is 4.79 Å². The van der Waals surface area contributed by atoms with E-state index in [0.717, 1.165) is 38.3 Å². The average molecular weight is 670 g/mol. The third-order valence-corrected chi connectivity index (χ3v) is 9.36. The molecule has 0 bridgehead atoms. The zero-order valence-electron chi connectivity index (χ0n) is 27.0. The summed E-state index contributed by atoms with van der Waals surface area (Å²) in [5.41, 5.74) is 5.80. The monoisotopic (exact) mass is 669 g/mol. The Balaban J connectivity index is 1.31. The first-order valence-electron chi connectivity index (χ1n) is 15.7. The van der Waals surface area contributed by atoms with Gasteiger partial charge in [0.05, 0.1) is 24.4 Å². The number of aliphatic hydroxyl groups excluding tert-OH is 1. The molecule has 0 aliphatic carbocycles. The SMILES string of the molecule is CC(=O)O[C@@H](C)C(=O)NCc1cccc(-c2ccc([C@@H]3O[C@H](CSc4ccc(C(=O)O)cc4)[C@H](C)[C@H](c4ccc(CO)cc4)O3)cc2)c1. The lowest BCUT2D eigenvalue weighted by molar-refractivity contribution is -0.268. The Morgan fingerprint density at radius 1 is 0.875 bits per heavy atom. The molecule has 0 aromatic heterocycles. The van der Waals surface area contributed by atoms with Gasteiger partial charge in [0.2, 0.25) is 0 Å². The molecule has 0 radical (unpaired) electrons. The third kappa shape index (κ3) is 8.90. The minimum absolute atomic E-state index is 0.00605. The van der Waals surface area contributed by atoms with Crippen LogP contribution in [0.4, 0.5) is 0 Å². The lowest BCUT2D eigenvalue weighted by atomic mass is 9.91. The Morgan fingerprint density at radius 3 is 2.21 bits per heavy atom. The van der Waals surface area contributed by atoms with Crippen molar-refractivity contribution in [3.63, 3.8) is 0 Å². The standard InChI is InChI=1S/C38H39NO8S/c1-23-34(22-48-33-17-15-30(16-18-33)37(43)44)46-38(47-35(23)29-9-7-26(21-40)8-10-29)31-13-11-28(12-14-31)32-6-4-5-27(19-32)20-39-36(42)24(2)45-25(3)41/h4-19,23-24,34-35,38,40H,20-22H2,1-3H3,(H,39,42)(H,43,44)/t23-,24-,34+,35+,38+/m0/s1. The highest BCUT2D eigenvalue weighted by molar-refractivity contribution is 7.99. The fourth-order valence-corrected chi connectivity index (χ4v) is 6.58. The van der Waals surface area contributed by atoms with E-state index in [1.807, 2.05) is 84.9 Å². The molecule has 48 heavy (non-hydrogen) atoms. The van der Waals surface area contributed by atoms with Crippen LogP contribution in [0.1, 0.15) is 65.8 Å². The molecule has 250 valence electrons. The highest BCUT2D eigenvalue weighted by atomic mass is 32.2. The van der Waals surface area contributed by atoms with Crippen LogP contribution in [0.25, 0.3) is 11.1 Å². The van der Waals surface area contributed by atoms with Crippen LogP contribution in [-0.4, -0.2) is 46.0 Å². The van der Waals surface area contributed by atoms with E-state index in [1.165, 1.54) is 13.8 Å². The highest BCUT2D eigenvalue weighted by Crippen LogP contribution is 2.43. The largest absolute Gasteiger partial charge is 0.478 e. The van der Waals surface area contributed by atoms with Crippen molar-refractivity contribution in [1.82, 2.24) is 5.32 Å². The van der Waals surface area contributed by atoms with Gasteiger partial charge in [-0.05, 0) is 65.1 Å². The number of carboxylic acid groups (broad SMARTS) is 1. The van der Waals surface area contributed by atoms with Crippen LogP contribution in [0.3, 0.4) is 0 Å². The van der Waals surface area contributed by atoms with E-state index in [2.05, 4.69) is 12.2 Å². The second-order valence-electron chi connectivity index (χ2n) is 11.8. The van der Waals surface area contributed by atoms with Crippen LogP contribution in [0.5, 0.6) is 0 Å². The summed E-state index contributed by atoms with van der Waals surface area (Å²) in [6.45, 7) is 5.17. The molecule has 3 N–H and O–H groups in total. The van der Waals surface area contributed by atoms with Gasteiger partial charge in [-0.2, -0.15) is 0 Å². The number of hydrogen-bond donors (Lipinski definition) is 3. The summed E-state index contributed by atoms with van der Waals surface area (Å²) in [5, 5.41) is 21.6. The molecule has 5 atom stereocenters. The molecule has 1 heterocycles. The topological polar surface area (TPSA) is 131 Å². The molecule has 1 aliphatic heterocycles. The molecule has 0 saturated carbocycles. The van der Waals surface area contributed by atoms with E-state index in [9.17, 15) is 24.6 Å². The summed E-state index contributed by atoms with van der Waals surface area (Å²) < 4.78 is 18.1. The predicted octanol–water partition coefficient (Wildman–Crippen LogP) is 6.70. The minimum atomic E-state index is -0.958. The molecule has 5 rings (SSSR count). The highest BCUT2D eigenvalue weighted by Gasteiger charge is 2.38. The van der Waals surface area contributed by atoms with Crippen molar-refractivity contribution in [2.75, 3.05) is 5.75 Å². The molecule has 4 aromatic rings. The van der Waals surface area contributed by atoms with Crippen molar-refractivity contribution >= 4 is 29.6 Å². The van der Waals surface area contributed by atoms with Crippen LogP contribution in [0.2, 0.25) is 0 Å². The van der Waals surface area contributed by atoms with Crippen LogP contribution in [0, 0.1) is 5.92 Å². The van der Waals surface area contributed by atoms with Crippen LogP contribution < -0.4 is 5.32 Å². The summed E-state index contributed by atoms with van der Waals surface area (Å²) >= 11 is 1.61. The minimum Gasteiger partial charge on any atom is -0.478 e. The number of esters is 1. The Bertz CT molecular complexity index is 1710. The fraction of sp³-hybridized carbons (Fsp3) is 0.289. The van der Waals surface area contributed by atoms with E-state index >= 15 is 0 Å². The molecule has 1 amide bonds. The van der Waals surface area contributed by atoms with Gasteiger partial charge >= 0.3 is 11.9 Å². The van der Waals surface area contributed by atoms with E-state index in [-0.39, 0.29) is 36.2 Å². The predicted molar refractivity (Wildman–Crippen MR) is 182 cm³/mol. The molecule has 0 unspecified atom stereocenters. The van der Waals surface area contributed by atoms with Crippen LogP contribution in [-0.2, 0) is 37.0 Å². The first-order chi connectivity index (χ1) is 23.1. The van der Waals surface area contributed by atoms with Crippen molar-refractivity contribution in [2.24, 2.45) is 5.92 Å². The molecule has 4 aromatic carbocycles. The Labute approximate surface area is 284 Å². The third-order valence-electron chi connectivity index (χ3n) is 8.26. The molecule has 0 spiro atoms. The number of nitrogens with one attached hydrogen (secondary N) is 1. The first-order valence-corrected chi connectivity index (χ1v) is 16.7. The van der Waals surface area contributed by atoms with Crippen LogP contribution in [0.15, 0.2) is 102 Å². The second-order valence-corrected chi connectivity index (χ2v) is 12.8. The van der Waals surface area contributed by atoms with Gasteiger partial charge in [0.1, 0.15) is 0 Å². The number of rotatable bonds is 12. The summed E-state index contributed by atoms with van der Waals surface area (Å²) in [6.07, 6.45) is -1.93. The van der Waals surface area contributed by atoms with Crippen molar-refractivity contribution in [2.45, 2.75) is 63.4 Å². The number of aliphatic hydroxyl groups is 1. The number of thioether (sulfide) groups is 1. The zero-order valence-corrected chi connectivity index (χ0v) is 27.8. The van der Waals surface area contributed by atoms with Gasteiger partial charge in [-0.1, -0.05) is 73.7 Å². The van der Waals surface area contributed by atoms with Gasteiger partial charge in [0.25, 0.3) is 5.91 Å². The summed E-state index contributed by atoms with van der Waals surface area (Å²) in [4.78, 5) is 35.7. The molecule has 10 heteroatoms. The maximum atomic E-state index is 12.3. The second kappa shape index (κ2) is 16.1. The summed E-state index contributed by atoms with van der Waals surface area (Å²) in [5.74, 6) is -1.18. The summed E-state index contributed by atoms with van der Waals surface area (Å²) in [7, 11) is 0.